The zero-order valence-corrected chi connectivity index (χ0v) is 19.6. The molecule has 8 heteroatoms. The first-order valence-electron chi connectivity index (χ1n) is 10.9. The van der Waals surface area contributed by atoms with Crippen LogP contribution < -0.4 is 14.9 Å². The van der Waals surface area contributed by atoms with E-state index in [4.69, 9.17) is 0 Å². The molecule has 1 fully saturated rings. The second-order valence-corrected chi connectivity index (χ2v) is 10.2. The normalized spacial score (nSPS) is 17.3. The molecule has 1 aliphatic rings. The number of nitrogens with zero attached hydrogens (tertiary/aromatic N) is 1. The van der Waals surface area contributed by atoms with E-state index < -0.39 is 15.9 Å². The number of sulfonamides is 1. The minimum atomic E-state index is -3.38. The lowest BCUT2D eigenvalue weighted by molar-refractivity contribution is -0.126. The summed E-state index contributed by atoms with van der Waals surface area (Å²) in [7, 11) is -3.38. The molecule has 2 unspecified atom stereocenters. The quantitative estimate of drug-likeness (QED) is 0.601. The number of amides is 2. The summed E-state index contributed by atoms with van der Waals surface area (Å²) in [5.41, 5.74) is 3.28. The molecule has 1 aliphatic heterocycles. The molecule has 2 N–H and O–H groups in total. The summed E-state index contributed by atoms with van der Waals surface area (Å²) in [6.07, 6.45) is 4.56. The average Bonchev–Trinajstić information content (AvgIpc) is 3.13. The Bertz CT molecular complexity index is 1070. The number of unbranched alkanes of at least 4 members (excludes halogenated alkanes) is 1. The topological polar surface area (TPSA) is 95.6 Å². The van der Waals surface area contributed by atoms with Crippen LogP contribution in [0.5, 0.6) is 0 Å². The molecule has 0 saturated carbocycles. The number of rotatable bonds is 9. The van der Waals surface area contributed by atoms with Gasteiger partial charge in [0.15, 0.2) is 0 Å². The first kappa shape index (κ1) is 23.8. The van der Waals surface area contributed by atoms with Crippen molar-refractivity contribution in [2.75, 3.05) is 22.4 Å². The molecule has 2 amide bonds. The summed E-state index contributed by atoms with van der Waals surface area (Å²) in [6.45, 7) is 4.34. The lowest BCUT2D eigenvalue weighted by atomic mass is 10.0. The summed E-state index contributed by atoms with van der Waals surface area (Å²) in [5, 5.41) is 2.96. The van der Waals surface area contributed by atoms with Gasteiger partial charge < -0.3 is 10.2 Å². The molecule has 32 heavy (non-hydrogen) atoms. The van der Waals surface area contributed by atoms with E-state index in [1.807, 2.05) is 37.3 Å². The van der Waals surface area contributed by atoms with E-state index in [-0.39, 0.29) is 24.3 Å². The SMILES string of the molecule is CCCCc1ccc(N2CC(C(=O)NC(C)c3cccc(NS(C)(=O)=O)c3)CC2=O)cc1. The molecular formula is C24H31N3O4S. The van der Waals surface area contributed by atoms with Crippen molar-refractivity contribution >= 4 is 33.2 Å². The highest BCUT2D eigenvalue weighted by Crippen LogP contribution is 2.27. The largest absolute Gasteiger partial charge is 0.349 e. The van der Waals surface area contributed by atoms with E-state index >= 15 is 0 Å². The average molecular weight is 458 g/mol. The standard InChI is InChI=1S/C24H31N3O4S/c1-4-5-7-18-10-12-22(13-11-18)27-16-20(15-23(27)28)24(29)25-17(2)19-8-6-9-21(14-19)26-32(3,30)31/h6,8-14,17,20,26H,4-5,7,15-16H2,1-3H3,(H,25,29). The van der Waals surface area contributed by atoms with Crippen molar-refractivity contribution < 1.29 is 18.0 Å². The molecule has 7 nitrogen and oxygen atoms in total. The van der Waals surface area contributed by atoms with Gasteiger partial charge in [-0.25, -0.2) is 8.42 Å². The first-order valence-corrected chi connectivity index (χ1v) is 12.8. The third kappa shape index (κ3) is 6.32. The molecule has 0 bridgehead atoms. The Labute approximate surface area is 190 Å². The van der Waals surface area contributed by atoms with Gasteiger partial charge in [0.05, 0.1) is 18.2 Å². The number of hydrogen-bond acceptors (Lipinski definition) is 4. The van der Waals surface area contributed by atoms with Crippen LogP contribution in [-0.2, 0) is 26.0 Å². The minimum absolute atomic E-state index is 0.0570. The zero-order chi connectivity index (χ0) is 23.3. The van der Waals surface area contributed by atoms with Gasteiger partial charge in [-0.2, -0.15) is 0 Å². The number of benzene rings is 2. The van der Waals surface area contributed by atoms with Gasteiger partial charge in [0.2, 0.25) is 21.8 Å². The molecule has 0 radical (unpaired) electrons. The molecule has 2 aromatic rings. The maximum absolute atomic E-state index is 12.8. The van der Waals surface area contributed by atoms with Gasteiger partial charge in [-0.1, -0.05) is 37.6 Å². The van der Waals surface area contributed by atoms with Crippen LogP contribution in [0, 0.1) is 5.92 Å². The Balaban J connectivity index is 1.61. The van der Waals surface area contributed by atoms with Crippen LogP contribution in [0.15, 0.2) is 48.5 Å². The second-order valence-electron chi connectivity index (χ2n) is 8.41. The molecule has 0 spiro atoms. The van der Waals surface area contributed by atoms with Crippen LogP contribution in [0.25, 0.3) is 0 Å². The van der Waals surface area contributed by atoms with E-state index in [1.54, 1.807) is 23.1 Å². The molecule has 3 rings (SSSR count). The van der Waals surface area contributed by atoms with Crippen LogP contribution in [0.4, 0.5) is 11.4 Å². The number of aryl methyl sites for hydroxylation is 1. The number of nitrogens with one attached hydrogen (secondary N) is 2. The van der Waals surface area contributed by atoms with Crippen LogP contribution >= 0.6 is 0 Å². The van der Waals surface area contributed by atoms with Crippen LogP contribution in [0.1, 0.15) is 50.3 Å². The van der Waals surface area contributed by atoms with Crippen LogP contribution in [0.3, 0.4) is 0 Å². The Morgan fingerprint density at radius 3 is 2.56 bits per heavy atom. The fourth-order valence-electron chi connectivity index (χ4n) is 3.86. The fraction of sp³-hybridized carbons (Fsp3) is 0.417. The Morgan fingerprint density at radius 1 is 1.19 bits per heavy atom. The van der Waals surface area contributed by atoms with E-state index in [2.05, 4.69) is 17.0 Å². The van der Waals surface area contributed by atoms with E-state index in [1.165, 1.54) is 5.56 Å². The zero-order valence-electron chi connectivity index (χ0n) is 18.8. The Hall–Kier alpha value is -2.87. The van der Waals surface area contributed by atoms with E-state index in [9.17, 15) is 18.0 Å². The fourth-order valence-corrected chi connectivity index (χ4v) is 4.41. The highest BCUT2D eigenvalue weighted by Gasteiger charge is 2.35. The van der Waals surface area contributed by atoms with Crippen molar-refractivity contribution in [1.82, 2.24) is 5.32 Å². The summed E-state index contributed by atoms with van der Waals surface area (Å²) < 4.78 is 25.4. The molecule has 1 saturated heterocycles. The second kappa shape index (κ2) is 10.2. The summed E-state index contributed by atoms with van der Waals surface area (Å²) >= 11 is 0. The molecule has 1 heterocycles. The van der Waals surface area contributed by atoms with Gasteiger partial charge in [0.1, 0.15) is 0 Å². The third-order valence-electron chi connectivity index (χ3n) is 5.61. The van der Waals surface area contributed by atoms with Crippen molar-refractivity contribution in [3.8, 4) is 0 Å². The van der Waals surface area contributed by atoms with Gasteiger partial charge >= 0.3 is 0 Å². The van der Waals surface area contributed by atoms with Crippen molar-refractivity contribution in [3.63, 3.8) is 0 Å². The molecule has 0 aliphatic carbocycles. The van der Waals surface area contributed by atoms with Gasteiger partial charge in [-0.3, -0.25) is 14.3 Å². The number of hydrogen-bond donors (Lipinski definition) is 2. The molecular weight excluding hydrogens is 426 g/mol. The van der Waals surface area contributed by atoms with E-state index in [0.717, 1.165) is 36.8 Å². The van der Waals surface area contributed by atoms with Gasteiger partial charge in [-0.05, 0) is 55.2 Å². The Kier molecular flexibility index (Phi) is 7.56. The highest BCUT2D eigenvalue weighted by atomic mass is 32.2. The molecule has 2 atom stereocenters. The maximum Gasteiger partial charge on any atom is 0.229 e. The summed E-state index contributed by atoms with van der Waals surface area (Å²) in [6, 6.07) is 14.6. The van der Waals surface area contributed by atoms with Gasteiger partial charge in [-0.15, -0.1) is 0 Å². The first-order chi connectivity index (χ1) is 15.2. The summed E-state index contributed by atoms with van der Waals surface area (Å²) in [5.74, 6) is -0.671. The number of anilines is 2. The van der Waals surface area contributed by atoms with E-state index in [0.29, 0.717) is 12.2 Å². The number of carbonyl (C=O) groups is 2. The monoisotopic (exact) mass is 457 g/mol. The molecule has 0 aromatic heterocycles. The van der Waals surface area contributed by atoms with Gasteiger partial charge in [0.25, 0.3) is 0 Å². The van der Waals surface area contributed by atoms with Crippen LogP contribution in [-0.4, -0.2) is 33.0 Å². The molecule has 2 aromatic carbocycles. The lowest BCUT2D eigenvalue weighted by Gasteiger charge is -2.19. The molecule has 172 valence electrons. The van der Waals surface area contributed by atoms with Crippen molar-refractivity contribution in [2.45, 2.75) is 45.6 Å². The predicted molar refractivity (Wildman–Crippen MR) is 127 cm³/mol. The van der Waals surface area contributed by atoms with Crippen molar-refractivity contribution in [1.29, 1.82) is 0 Å². The summed E-state index contributed by atoms with van der Waals surface area (Å²) in [4.78, 5) is 27.1. The number of carbonyl (C=O) groups excluding carboxylic acids is 2. The minimum Gasteiger partial charge on any atom is -0.349 e. The third-order valence-corrected chi connectivity index (χ3v) is 6.22. The van der Waals surface area contributed by atoms with Gasteiger partial charge in [0, 0.05) is 24.3 Å². The smallest absolute Gasteiger partial charge is 0.229 e. The highest BCUT2D eigenvalue weighted by molar-refractivity contribution is 7.92. The lowest BCUT2D eigenvalue weighted by Crippen LogP contribution is -2.34. The van der Waals surface area contributed by atoms with Crippen molar-refractivity contribution in [3.05, 3.63) is 59.7 Å². The maximum atomic E-state index is 12.8. The Morgan fingerprint density at radius 2 is 1.91 bits per heavy atom. The van der Waals surface area contributed by atoms with Crippen LogP contribution in [0.2, 0.25) is 0 Å². The predicted octanol–water partition coefficient (Wildman–Crippen LogP) is 3.63. The van der Waals surface area contributed by atoms with Crippen molar-refractivity contribution in [2.24, 2.45) is 5.92 Å².